The summed E-state index contributed by atoms with van der Waals surface area (Å²) < 4.78 is 4.96. The number of benzene rings is 1. The number of fused-ring (bicyclic) bond motifs is 1. The van der Waals surface area contributed by atoms with Crippen LogP contribution in [0.4, 0.5) is 0 Å². The van der Waals surface area contributed by atoms with Crippen molar-refractivity contribution in [3.8, 4) is 6.07 Å². The van der Waals surface area contributed by atoms with E-state index in [2.05, 4.69) is 11.4 Å². The van der Waals surface area contributed by atoms with Crippen LogP contribution in [-0.4, -0.2) is 46.8 Å². The summed E-state index contributed by atoms with van der Waals surface area (Å²) in [5.41, 5.74) is -0.527. The molecule has 0 unspecified atom stereocenters. The van der Waals surface area contributed by atoms with Crippen molar-refractivity contribution in [2.75, 3.05) is 6.61 Å². The third kappa shape index (κ3) is 3.40. The van der Waals surface area contributed by atoms with Gasteiger partial charge in [0.2, 0.25) is 0 Å². The Bertz CT molecular complexity index is 835. The van der Waals surface area contributed by atoms with Gasteiger partial charge < -0.3 is 10.1 Å². The van der Waals surface area contributed by atoms with Crippen LogP contribution >= 0.6 is 0 Å². The predicted octanol–water partition coefficient (Wildman–Crippen LogP) is 1.02. The third-order valence-electron chi connectivity index (χ3n) is 4.92. The van der Waals surface area contributed by atoms with E-state index in [-0.39, 0.29) is 17.0 Å². The number of amides is 3. The van der Waals surface area contributed by atoms with Crippen LogP contribution < -0.4 is 5.32 Å². The van der Waals surface area contributed by atoms with Gasteiger partial charge in [-0.05, 0) is 44.7 Å². The Balaban J connectivity index is 1.59. The third-order valence-corrected chi connectivity index (χ3v) is 4.92. The van der Waals surface area contributed by atoms with Gasteiger partial charge in [0.15, 0.2) is 6.61 Å². The molecule has 8 nitrogen and oxygen atoms in total. The summed E-state index contributed by atoms with van der Waals surface area (Å²) >= 11 is 0. The molecule has 1 N–H and O–H groups in total. The van der Waals surface area contributed by atoms with E-state index in [1.165, 1.54) is 19.1 Å². The molecule has 0 saturated heterocycles. The molecule has 3 rings (SSSR count). The quantitative estimate of drug-likeness (QED) is 0.591. The Hall–Kier alpha value is -3.21. The first-order valence-electron chi connectivity index (χ1n) is 8.64. The van der Waals surface area contributed by atoms with E-state index in [4.69, 9.17) is 4.74 Å². The lowest BCUT2D eigenvalue weighted by molar-refractivity contribution is -0.152. The topological polar surface area (TPSA) is 117 Å². The molecule has 1 aromatic rings. The van der Waals surface area contributed by atoms with Gasteiger partial charge in [-0.1, -0.05) is 12.1 Å². The van der Waals surface area contributed by atoms with Crippen molar-refractivity contribution in [2.45, 2.75) is 38.3 Å². The number of hydrogen-bond donors (Lipinski definition) is 1. The molecule has 1 saturated carbocycles. The van der Waals surface area contributed by atoms with Crippen molar-refractivity contribution in [2.24, 2.45) is 5.92 Å². The number of esters is 1. The second-order valence-corrected chi connectivity index (χ2v) is 6.95. The molecule has 0 spiro atoms. The van der Waals surface area contributed by atoms with Gasteiger partial charge in [-0.2, -0.15) is 5.26 Å². The number of imide groups is 1. The van der Waals surface area contributed by atoms with E-state index in [0.29, 0.717) is 0 Å². The molecule has 1 heterocycles. The maximum atomic E-state index is 12.4. The highest BCUT2D eigenvalue weighted by molar-refractivity contribution is 6.22. The number of ether oxygens (including phenoxy) is 1. The monoisotopic (exact) mass is 369 g/mol. The lowest BCUT2D eigenvalue weighted by Gasteiger charge is -2.24. The summed E-state index contributed by atoms with van der Waals surface area (Å²) in [6, 6.07) is 7.20. The van der Waals surface area contributed by atoms with Crippen molar-refractivity contribution in [1.29, 1.82) is 5.26 Å². The zero-order valence-electron chi connectivity index (χ0n) is 15.0. The number of carbonyl (C=O) groups excluding carboxylic acids is 4. The van der Waals surface area contributed by atoms with Crippen molar-refractivity contribution >= 4 is 23.7 Å². The largest absolute Gasteiger partial charge is 0.454 e. The van der Waals surface area contributed by atoms with Crippen LogP contribution in [0.3, 0.4) is 0 Å². The molecule has 1 aliphatic carbocycles. The summed E-state index contributed by atoms with van der Waals surface area (Å²) in [4.78, 5) is 49.9. The van der Waals surface area contributed by atoms with Gasteiger partial charge in [-0.25, -0.2) is 4.79 Å². The van der Waals surface area contributed by atoms with Gasteiger partial charge in [0.1, 0.15) is 11.6 Å². The number of nitrogens with zero attached hydrogens (tertiary/aromatic N) is 2. The summed E-state index contributed by atoms with van der Waals surface area (Å²) in [5.74, 6) is -2.52. The van der Waals surface area contributed by atoms with Gasteiger partial charge in [0.25, 0.3) is 17.7 Å². The zero-order chi connectivity index (χ0) is 19.8. The molecule has 3 amide bonds. The average Bonchev–Trinajstić information content (AvgIpc) is 3.48. The smallest absolute Gasteiger partial charge is 0.329 e. The van der Waals surface area contributed by atoms with E-state index < -0.39 is 41.9 Å². The molecule has 0 radical (unpaired) electrons. The normalized spacial score (nSPS) is 18.9. The Morgan fingerprint density at radius 3 is 2.33 bits per heavy atom. The molecule has 2 atom stereocenters. The fraction of sp³-hybridized carbons (Fsp3) is 0.421. The van der Waals surface area contributed by atoms with Gasteiger partial charge in [0, 0.05) is 0 Å². The molecule has 1 fully saturated rings. The van der Waals surface area contributed by atoms with Crippen LogP contribution in [0.25, 0.3) is 0 Å². The highest BCUT2D eigenvalue weighted by atomic mass is 16.5. The molecule has 140 valence electrons. The summed E-state index contributed by atoms with van der Waals surface area (Å²) in [5, 5.41) is 11.8. The highest BCUT2D eigenvalue weighted by Gasteiger charge is 2.44. The fourth-order valence-electron chi connectivity index (χ4n) is 3.13. The minimum Gasteiger partial charge on any atom is -0.454 e. The molecule has 8 heteroatoms. The summed E-state index contributed by atoms with van der Waals surface area (Å²) in [6.07, 6.45) is 1.72. The van der Waals surface area contributed by atoms with Crippen molar-refractivity contribution < 1.29 is 23.9 Å². The van der Waals surface area contributed by atoms with Crippen molar-refractivity contribution in [3.05, 3.63) is 35.4 Å². The Morgan fingerprint density at radius 1 is 1.30 bits per heavy atom. The van der Waals surface area contributed by atoms with Crippen LogP contribution in [-0.2, 0) is 14.3 Å². The first-order chi connectivity index (χ1) is 12.8. The molecule has 1 aromatic carbocycles. The molecular weight excluding hydrogens is 350 g/mol. The van der Waals surface area contributed by atoms with Crippen LogP contribution in [0.1, 0.15) is 47.4 Å². The first-order valence-corrected chi connectivity index (χ1v) is 8.64. The lowest BCUT2D eigenvalue weighted by atomic mass is 9.98. The van der Waals surface area contributed by atoms with E-state index >= 15 is 0 Å². The summed E-state index contributed by atoms with van der Waals surface area (Å²) in [7, 11) is 0. The first kappa shape index (κ1) is 18.6. The minimum atomic E-state index is -1.17. The standard InChI is InChI=1S/C19H19N3O5/c1-11(22-16(24)13-5-3-4-6-14(13)17(22)25)18(26)27-9-15(23)21-19(2,10-20)12-7-8-12/h3-6,11-12H,7-9H2,1-2H3,(H,21,23)/t11-,19+/m1/s1. The second kappa shape index (κ2) is 6.83. The van der Waals surface area contributed by atoms with Gasteiger partial charge >= 0.3 is 5.97 Å². The Morgan fingerprint density at radius 2 is 1.85 bits per heavy atom. The second-order valence-electron chi connectivity index (χ2n) is 6.95. The predicted molar refractivity (Wildman–Crippen MR) is 92.2 cm³/mol. The van der Waals surface area contributed by atoms with E-state index in [9.17, 15) is 24.4 Å². The average molecular weight is 369 g/mol. The maximum absolute atomic E-state index is 12.4. The van der Waals surface area contributed by atoms with E-state index in [1.807, 2.05) is 0 Å². The van der Waals surface area contributed by atoms with Gasteiger partial charge in [0.05, 0.1) is 17.2 Å². The molecular formula is C19H19N3O5. The van der Waals surface area contributed by atoms with Crippen LogP contribution in [0.15, 0.2) is 24.3 Å². The Kier molecular flexibility index (Phi) is 4.70. The maximum Gasteiger partial charge on any atom is 0.329 e. The number of rotatable bonds is 6. The number of nitriles is 1. The molecule has 0 aromatic heterocycles. The zero-order valence-corrected chi connectivity index (χ0v) is 15.0. The number of nitrogens with one attached hydrogen (secondary N) is 1. The number of carbonyl (C=O) groups is 4. The Labute approximate surface area is 156 Å². The number of hydrogen-bond acceptors (Lipinski definition) is 6. The SMILES string of the molecule is C[C@H](C(=O)OCC(=O)N[C@@](C)(C#N)C1CC1)N1C(=O)c2ccccc2C1=O. The van der Waals surface area contributed by atoms with Gasteiger partial charge in [-0.3, -0.25) is 19.3 Å². The van der Waals surface area contributed by atoms with E-state index in [0.717, 1.165) is 17.7 Å². The molecule has 0 bridgehead atoms. The molecule has 1 aliphatic heterocycles. The molecule has 2 aliphatic rings. The minimum absolute atomic E-state index is 0.0967. The highest BCUT2D eigenvalue weighted by Crippen LogP contribution is 2.39. The van der Waals surface area contributed by atoms with Crippen LogP contribution in [0.5, 0.6) is 0 Å². The van der Waals surface area contributed by atoms with Crippen molar-refractivity contribution in [1.82, 2.24) is 10.2 Å². The molecule has 27 heavy (non-hydrogen) atoms. The van der Waals surface area contributed by atoms with Crippen LogP contribution in [0.2, 0.25) is 0 Å². The van der Waals surface area contributed by atoms with Gasteiger partial charge in [-0.15, -0.1) is 0 Å². The van der Waals surface area contributed by atoms with Crippen molar-refractivity contribution in [3.63, 3.8) is 0 Å². The van der Waals surface area contributed by atoms with E-state index in [1.54, 1.807) is 19.1 Å². The lowest BCUT2D eigenvalue weighted by Crippen LogP contribution is -2.49. The van der Waals surface area contributed by atoms with Crippen LogP contribution in [0, 0.1) is 17.2 Å². The fourth-order valence-corrected chi connectivity index (χ4v) is 3.13. The summed E-state index contributed by atoms with van der Waals surface area (Å²) in [6.45, 7) is 2.41.